The lowest BCUT2D eigenvalue weighted by atomic mass is 9.99. The summed E-state index contributed by atoms with van der Waals surface area (Å²) in [6.45, 7) is 10.5. The summed E-state index contributed by atoms with van der Waals surface area (Å²) in [7, 11) is 3.18. The number of carbonyl (C=O) groups is 2. The molecule has 0 bridgehead atoms. The van der Waals surface area contributed by atoms with Gasteiger partial charge in [0.1, 0.15) is 11.8 Å². The van der Waals surface area contributed by atoms with E-state index < -0.39 is 24.3 Å². The van der Waals surface area contributed by atoms with Crippen molar-refractivity contribution in [3.63, 3.8) is 0 Å². The summed E-state index contributed by atoms with van der Waals surface area (Å²) < 4.78 is 16.8. The maximum atomic E-state index is 13.6. The van der Waals surface area contributed by atoms with Gasteiger partial charge in [0, 0.05) is 19.6 Å². The average molecular weight is 594 g/mol. The topological polar surface area (TPSA) is 109 Å². The van der Waals surface area contributed by atoms with Crippen LogP contribution in [0.4, 0.5) is 4.79 Å². The fraction of sp³-hybridized carbons (Fsp3) is 0.471. The van der Waals surface area contributed by atoms with Gasteiger partial charge in [0.2, 0.25) is 5.91 Å². The Morgan fingerprint density at radius 3 is 2.58 bits per heavy atom. The van der Waals surface area contributed by atoms with Crippen LogP contribution in [0.15, 0.2) is 73.8 Å². The summed E-state index contributed by atoms with van der Waals surface area (Å²) in [5.41, 5.74) is 3.09. The molecular weight excluding hydrogens is 546 g/mol. The SMILES string of the molecule is C=CCO[C@@H]1C[C@H](NC[C@@H](O)[C@H](Cc2ccccc2)NC(=O)[C@H](CC=C)N(C)C(=O)OCCCC)c2cc(OC)ccc21. The van der Waals surface area contributed by atoms with Gasteiger partial charge in [-0.1, -0.05) is 61.9 Å². The Morgan fingerprint density at radius 1 is 1.14 bits per heavy atom. The van der Waals surface area contributed by atoms with Gasteiger partial charge >= 0.3 is 6.09 Å². The fourth-order valence-electron chi connectivity index (χ4n) is 5.25. The second-order valence-electron chi connectivity index (χ2n) is 10.8. The van der Waals surface area contributed by atoms with Gasteiger partial charge in [0.25, 0.3) is 0 Å². The average Bonchev–Trinajstić information content (AvgIpc) is 3.37. The molecule has 2 aromatic carbocycles. The highest BCUT2D eigenvalue weighted by atomic mass is 16.6. The molecule has 0 aliphatic heterocycles. The van der Waals surface area contributed by atoms with E-state index >= 15 is 0 Å². The van der Waals surface area contributed by atoms with Crippen LogP contribution in [-0.4, -0.2) is 74.1 Å². The molecule has 3 N–H and O–H groups in total. The van der Waals surface area contributed by atoms with Crippen LogP contribution in [0.2, 0.25) is 0 Å². The number of carbonyl (C=O) groups excluding carboxylic acids is 2. The molecule has 234 valence electrons. The number of fused-ring (bicyclic) bond motifs is 1. The van der Waals surface area contributed by atoms with Gasteiger partial charge in [0.15, 0.2) is 0 Å². The molecule has 5 atom stereocenters. The lowest BCUT2D eigenvalue weighted by molar-refractivity contribution is -0.127. The number of hydrogen-bond donors (Lipinski definition) is 3. The van der Waals surface area contributed by atoms with Crippen LogP contribution in [0.25, 0.3) is 0 Å². The van der Waals surface area contributed by atoms with Gasteiger partial charge in [-0.3, -0.25) is 9.69 Å². The van der Waals surface area contributed by atoms with Crippen LogP contribution >= 0.6 is 0 Å². The summed E-state index contributed by atoms with van der Waals surface area (Å²) >= 11 is 0. The van der Waals surface area contributed by atoms with Gasteiger partial charge < -0.3 is 30.0 Å². The van der Waals surface area contributed by atoms with Crippen molar-refractivity contribution in [2.75, 3.05) is 33.9 Å². The van der Waals surface area contributed by atoms with E-state index in [2.05, 4.69) is 23.8 Å². The number of methoxy groups -OCH3 is 1. The molecule has 9 nitrogen and oxygen atoms in total. The third-order valence-electron chi connectivity index (χ3n) is 7.72. The summed E-state index contributed by atoms with van der Waals surface area (Å²) in [5, 5.41) is 18.0. The van der Waals surface area contributed by atoms with E-state index in [1.807, 2.05) is 55.5 Å². The van der Waals surface area contributed by atoms with Crippen molar-refractivity contribution in [2.45, 2.75) is 69.4 Å². The predicted molar refractivity (Wildman–Crippen MR) is 168 cm³/mol. The fourth-order valence-corrected chi connectivity index (χ4v) is 5.25. The molecule has 9 heteroatoms. The number of likely N-dealkylation sites (N-methyl/N-ethyl adjacent to an activating group) is 1. The van der Waals surface area contributed by atoms with Gasteiger partial charge in [-0.05, 0) is 54.5 Å². The maximum Gasteiger partial charge on any atom is 0.410 e. The van der Waals surface area contributed by atoms with Crippen molar-refractivity contribution in [2.24, 2.45) is 0 Å². The van der Waals surface area contributed by atoms with E-state index in [4.69, 9.17) is 14.2 Å². The van der Waals surface area contributed by atoms with Crippen LogP contribution in [0, 0.1) is 0 Å². The highest BCUT2D eigenvalue weighted by Gasteiger charge is 2.34. The van der Waals surface area contributed by atoms with Crippen LogP contribution in [0.3, 0.4) is 0 Å². The number of nitrogens with one attached hydrogen (secondary N) is 2. The van der Waals surface area contributed by atoms with Crippen molar-refractivity contribution >= 4 is 12.0 Å². The molecule has 0 spiro atoms. The highest BCUT2D eigenvalue weighted by Crippen LogP contribution is 2.42. The van der Waals surface area contributed by atoms with Gasteiger partial charge in [-0.2, -0.15) is 0 Å². The van der Waals surface area contributed by atoms with Gasteiger partial charge in [-0.25, -0.2) is 4.79 Å². The third kappa shape index (κ3) is 9.68. The minimum absolute atomic E-state index is 0.0832. The molecule has 2 aromatic rings. The number of nitrogens with zero attached hydrogens (tertiary/aromatic N) is 1. The van der Waals surface area contributed by atoms with Crippen molar-refractivity contribution < 1.29 is 28.9 Å². The number of hydrogen-bond acceptors (Lipinski definition) is 7. The van der Waals surface area contributed by atoms with Crippen LogP contribution in [0.5, 0.6) is 5.75 Å². The van der Waals surface area contributed by atoms with E-state index in [9.17, 15) is 14.7 Å². The van der Waals surface area contributed by atoms with E-state index in [1.165, 1.54) is 4.90 Å². The zero-order valence-corrected chi connectivity index (χ0v) is 25.7. The normalized spacial score (nSPS) is 17.7. The Morgan fingerprint density at radius 2 is 1.91 bits per heavy atom. The maximum absolute atomic E-state index is 13.6. The van der Waals surface area contributed by atoms with E-state index in [1.54, 1.807) is 26.3 Å². The molecule has 2 amide bonds. The van der Waals surface area contributed by atoms with Crippen LogP contribution in [-0.2, 0) is 20.7 Å². The molecule has 0 aromatic heterocycles. The summed E-state index contributed by atoms with van der Waals surface area (Å²) in [4.78, 5) is 27.5. The zero-order chi connectivity index (χ0) is 31.2. The molecule has 3 rings (SSSR count). The molecule has 1 aliphatic carbocycles. The number of unbranched alkanes of at least 4 members (excludes halogenated alkanes) is 1. The molecule has 0 unspecified atom stereocenters. The summed E-state index contributed by atoms with van der Waals surface area (Å²) in [6.07, 6.45) is 4.68. The Balaban J connectivity index is 1.75. The smallest absolute Gasteiger partial charge is 0.410 e. The first-order valence-corrected chi connectivity index (χ1v) is 15.0. The Bertz CT molecular complexity index is 1190. The second kappa shape index (κ2) is 17.5. The van der Waals surface area contributed by atoms with Gasteiger partial charge in [-0.15, -0.1) is 13.2 Å². The number of rotatable bonds is 18. The number of benzene rings is 2. The van der Waals surface area contributed by atoms with Crippen molar-refractivity contribution in [1.29, 1.82) is 0 Å². The number of aliphatic hydroxyl groups excluding tert-OH is 1. The molecule has 0 fully saturated rings. The van der Waals surface area contributed by atoms with Crippen LogP contribution < -0.4 is 15.4 Å². The Hall–Kier alpha value is -3.66. The first-order chi connectivity index (χ1) is 20.8. The molecule has 0 radical (unpaired) electrons. The van der Waals surface area contributed by atoms with E-state index in [0.717, 1.165) is 35.3 Å². The molecule has 0 saturated carbocycles. The second-order valence-corrected chi connectivity index (χ2v) is 10.8. The molecule has 43 heavy (non-hydrogen) atoms. The van der Waals surface area contributed by atoms with Gasteiger partial charge in [0.05, 0.1) is 38.6 Å². The Labute approximate surface area is 255 Å². The Kier molecular flexibility index (Phi) is 13.7. The predicted octanol–water partition coefficient (Wildman–Crippen LogP) is 4.87. The highest BCUT2D eigenvalue weighted by molar-refractivity contribution is 5.86. The van der Waals surface area contributed by atoms with E-state index in [0.29, 0.717) is 26.1 Å². The number of aliphatic hydroxyl groups is 1. The first-order valence-electron chi connectivity index (χ1n) is 15.0. The third-order valence-corrected chi connectivity index (χ3v) is 7.72. The number of amides is 2. The van der Waals surface area contributed by atoms with Crippen LogP contribution in [0.1, 0.15) is 61.4 Å². The first kappa shape index (κ1) is 33.8. The summed E-state index contributed by atoms with van der Waals surface area (Å²) in [5.74, 6) is 0.360. The number of ether oxygens (including phenoxy) is 3. The zero-order valence-electron chi connectivity index (χ0n) is 25.7. The molecular formula is C34H47N3O6. The molecule has 1 aliphatic rings. The van der Waals surface area contributed by atoms with E-state index in [-0.39, 0.29) is 31.0 Å². The summed E-state index contributed by atoms with van der Waals surface area (Å²) in [6, 6.07) is 14.1. The minimum Gasteiger partial charge on any atom is -0.497 e. The van der Waals surface area contributed by atoms with Crippen molar-refractivity contribution in [1.82, 2.24) is 15.5 Å². The standard InChI is InChI=1S/C34H47N3O6/c1-6-9-19-43-34(40)37(4)30(13-7-2)33(39)36-29(20-24-14-11-10-12-15-24)31(38)23-35-28-22-32(42-18-8-3)26-17-16-25(41-5)21-27(26)28/h7-8,10-12,14-17,21,28-32,35,38H,2-3,6,9,13,18-20,22-23H2,1,4-5H3,(H,36,39)/t28-,29-,30-,31+,32+/m0/s1. The monoisotopic (exact) mass is 593 g/mol. The lowest BCUT2D eigenvalue weighted by Crippen LogP contribution is -2.55. The largest absolute Gasteiger partial charge is 0.497 e. The minimum atomic E-state index is -0.933. The lowest BCUT2D eigenvalue weighted by Gasteiger charge is -2.31. The quantitative estimate of drug-likeness (QED) is 0.167. The van der Waals surface area contributed by atoms with Crippen molar-refractivity contribution in [3.05, 3.63) is 90.5 Å². The molecule has 0 saturated heterocycles. The van der Waals surface area contributed by atoms with Crippen molar-refractivity contribution in [3.8, 4) is 5.75 Å². The molecule has 0 heterocycles.